The highest BCUT2D eigenvalue weighted by molar-refractivity contribution is 7.18. The molecule has 1 N–H and O–H groups in total. The van der Waals surface area contributed by atoms with Crippen LogP contribution >= 0.6 is 11.3 Å². The van der Waals surface area contributed by atoms with Crippen LogP contribution in [0, 0.1) is 6.92 Å². The number of aryl methyl sites for hydroxylation is 1. The number of amides is 2. The Morgan fingerprint density at radius 1 is 1.21 bits per heavy atom. The molecule has 24 heavy (non-hydrogen) atoms. The Morgan fingerprint density at radius 3 is 2.62 bits per heavy atom. The molecule has 1 aliphatic carbocycles. The summed E-state index contributed by atoms with van der Waals surface area (Å²) in [5.41, 5.74) is 3.35. The molecule has 6 nitrogen and oxygen atoms in total. The number of hydrazine groups is 1. The summed E-state index contributed by atoms with van der Waals surface area (Å²) >= 11 is 1.61. The molecule has 7 heteroatoms. The highest BCUT2D eigenvalue weighted by atomic mass is 32.1. The number of hydrogen-bond acceptors (Lipinski definition) is 6. The Balaban J connectivity index is 1.75. The molecule has 0 spiro atoms. The van der Waals surface area contributed by atoms with Gasteiger partial charge < -0.3 is 0 Å². The van der Waals surface area contributed by atoms with Gasteiger partial charge in [-0.15, -0.1) is 11.3 Å². The molecule has 3 heterocycles. The third-order valence-corrected chi connectivity index (χ3v) is 5.52. The number of hydrogen-bond donors (Lipinski definition) is 1. The lowest BCUT2D eigenvalue weighted by molar-refractivity contribution is -0.135. The first-order valence-electron chi connectivity index (χ1n) is 8.14. The van der Waals surface area contributed by atoms with E-state index in [9.17, 15) is 9.59 Å². The third-order valence-electron chi connectivity index (χ3n) is 4.57. The van der Waals surface area contributed by atoms with Crippen LogP contribution in [0.3, 0.4) is 0 Å². The summed E-state index contributed by atoms with van der Waals surface area (Å²) in [6.07, 6.45) is 5.93. The van der Waals surface area contributed by atoms with E-state index in [0.29, 0.717) is 17.3 Å². The minimum Gasteiger partial charge on any atom is -0.271 e. The van der Waals surface area contributed by atoms with E-state index >= 15 is 0 Å². The molecule has 4 rings (SSSR count). The van der Waals surface area contributed by atoms with Gasteiger partial charge in [-0.25, -0.2) is 9.97 Å². The molecule has 0 unspecified atom stereocenters. The number of fused-ring (bicyclic) bond motifs is 1. The van der Waals surface area contributed by atoms with Crippen LogP contribution in [0.5, 0.6) is 0 Å². The van der Waals surface area contributed by atoms with Crippen molar-refractivity contribution in [2.24, 2.45) is 0 Å². The summed E-state index contributed by atoms with van der Waals surface area (Å²) in [4.78, 5) is 35.6. The molecule has 2 amide bonds. The highest BCUT2D eigenvalue weighted by Crippen LogP contribution is 2.36. The molecule has 1 fully saturated rings. The molecule has 2 aromatic rings. The Morgan fingerprint density at radius 2 is 1.96 bits per heavy atom. The number of imide groups is 1. The summed E-state index contributed by atoms with van der Waals surface area (Å²) < 4.78 is 0. The molecule has 0 saturated heterocycles. The van der Waals surface area contributed by atoms with Gasteiger partial charge in [-0.3, -0.25) is 15.0 Å². The maximum Gasteiger partial charge on any atom is 0.275 e. The van der Waals surface area contributed by atoms with Crippen molar-refractivity contribution in [1.82, 2.24) is 15.0 Å². The topological polar surface area (TPSA) is 75.2 Å². The average Bonchev–Trinajstić information content (AvgIpc) is 3.23. The lowest BCUT2D eigenvalue weighted by atomic mass is 10.1. The van der Waals surface area contributed by atoms with E-state index in [1.165, 1.54) is 18.9 Å². The number of thiophene rings is 1. The largest absolute Gasteiger partial charge is 0.275 e. The van der Waals surface area contributed by atoms with Crippen molar-refractivity contribution >= 4 is 39.2 Å². The quantitative estimate of drug-likeness (QED) is 0.866. The molecule has 124 valence electrons. The van der Waals surface area contributed by atoms with Crippen molar-refractivity contribution < 1.29 is 9.59 Å². The standard InChI is InChI=1S/C17H18N4O2S/c1-9-7-13(22)21(17(9)23)20-15-12-8-10(2)24-16(12)19-14(18-15)11-5-3-4-6-11/h7-8,11H,3-6H2,1-2H3,(H,18,19,20). The number of aromatic nitrogens is 2. The number of carbonyl (C=O) groups is 2. The van der Waals surface area contributed by atoms with Gasteiger partial charge in [0.2, 0.25) is 0 Å². The van der Waals surface area contributed by atoms with Gasteiger partial charge in [0, 0.05) is 22.4 Å². The summed E-state index contributed by atoms with van der Waals surface area (Å²) in [7, 11) is 0. The van der Waals surface area contributed by atoms with Gasteiger partial charge in [-0.05, 0) is 32.8 Å². The van der Waals surface area contributed by atoms with Crippen molar-refractivity contribution in [3.63, 3.8) is 0 Å². The minimum absolute atomic E-state index is 0.332. The first-order valence-corrected chi connectivity index (χ1v) is 8.96. The fourth-order valence-corrected chi connectivity index (χ4v) is 4.20. The predicted octanol–water partition coefficient (Wildman–Crippen LogP) is 3.30. The molecule has 2 aromatic heterocycles. The van der Waals surface area contributed by atoms with Gasteiger partial charge in [0.15, 0.2) is 5.82 Å². The second kappa shape index (κ2) is 5.66. The van der Waals surface area contributed by atoms with E-state index in [1.54, 1.807) is 18.3 Å². The Hall–Kier alpha value is -2.28. The summed E-state index contributed by atoms with van der Waals surface area (Å²) in [5, 5.41) is 1.88. The van der Waals surface area contributed by atoms with Crippen LogP contribution in [0.1, 0.15) is 49.2 Å². The third kappa shape index (κ3) is 2.49. The molecule has 0 bridgehead atoms. The SMILES string of the molecule is CC1=CC(=O)N(Nc2nc(C3CCCC3)nc3sc(C)cc23)C1=O. The van der Waals surface area contributed by atoms with E-state index in [2.05, 4.69) is 10.4 Å². The Bertz CT molecular complexity index is 880. The van der Waals surface area contributed by atoms with Crippen LogP contribution in [-0.2, 0) is 9.59 Å². The second-order valence-corrected chi connectivity index (χ2v) is 7.64. The maximum absolute atomic E-state index is 12.1. The zero-order valence-electron chi connectivity index (χ0n) is 13.6. The average molecular weight is 342 g/mol. The van der Waals surface area contributed by atoms with E-state index in [1.807, 2.05) is 13.0 Å². The van der Waals surface area contributed by atoms with Crippen molar-refractivity contribution in [2.75, 3.05) is 5.43 Å². The molecule has 0 aromatic carbocycles. The molecule has 0 radical (unpaired) electrons. The summed E-state index contributed by atoms with van der Waals surface area (Å²) in [6.45, 7) is 3.65. The van der Waals surface area contributed by atoms with Crippen LogP contribution in [0.15, 0.2) is 17.7 Å². The predicted molar refractivity (Wildman–Crippen MR) is 92.6 cm³/mol. The lowest BCUT2D eigenvalue weighted by Crippen LogP contribution is -2.36. The van der Waals surface area contributed by atoms with Crippen LogP contribution < -0.4 is 5.43 Å². The fourth-order valence-electron chi connectivity index (χ4n) is 3.31. The lowest BCUT2D eigenvalue weighted by Gasteiger charge is -2.18. The molecule has 1 saturated carbocycles. The van der Waals surface area contributed by atoms with Gasteiger partial charge in [0.1, 0.15) is 10.7 Å². The van der Waals surface area contributed by atoms with Gasteiger partial charge in [-0.1, -0.05) is 12.8 Å². The van der Waals surface area contributed by atoms with E-state index in [-0.39, 0.29) is 11.8 Å². The molecule has 0 atom stereocenters. The van der Waals surface area contributed by atoms with Crippen LogP contribution in [-0.4, -0.2) is 26.8 Å². The van der Waals surface area contributed by atoms with Gasteiger partial charge in [0.05, 0.1) is 5.39 Å². The number of carbonyl (C=O) groups excluding carboxylic acids is 2. The van der Waals surface area contributed by atoms with Gasteiger partial charge in [-0.2, -0.15) is 5.01 Å². The van der Waals surface area contributed by atoms with Crippen LogP contribution in [0.2, 0.25) is 0 Å². The highest BCUT2D eigenvalue weighted by Gasteiger charge is 2.30. The number of nitrogens with zero attached hydrogens (tertiary/aromatic N) is 3. The van der Waals surface area contributed by atoms with Crippen molar-refractivity contribution in [3.8, 4) is 0 Å². The van der Waals surface area contributed by atoms with E-state index in [0.717, 1.165) is 38.8 Å². The molecular formula is C17H18N4O2S. The zero-order chi connectivity index (χ0) is 16.8. The van der Waals surface area contributed by atoms with Crippen molar-refractivity contribution in [2.45, 2.75) is 45.4 Å². The number of rotatable bonds is 3. The zero-order valence-corrected chi connectivity index (χ0v) is 14.4. The molecule has 2 aliphatic rings. The molecular weight excluding hydrogens is 324 g/mol. The maximum atomic E-state index is 12.1. The fraction of sp³-hybridized carbons (Fsp3) is 0.412. The summed E-state index contributed by atoms with van der Waals surface area (Å²) in [6, 6.07) is 1.99. The minimum atomic E-state index is -0.362. The molecule has 1 aliphatic heterocycles. The first kappa shape index (κ1) is 15.3. The van der Waals surface area contributed by atoms with Crippen molar-refractivity contribution in [3.05, 3.63) is 28.4 Å². The van der Waals surface area contributed by atoms with Crippen LogP contribution in [0.4, 0.5) is 5.82 Å². The Kier molecular flexibility index (Phi) is 3.60. The second-order valence-electron chi connectivity index (χ2n) is 6.41. The first-order chi connectivity index (χ1) is 11.5. The smallest absolute Gasteiger partial charge is 0.271 e. The van der Waals surface area contributed by atoms with Gasteiger partial charge in [0.25, 0.3) is 11.8 Å². The summed E-state index contributed by atoms with van der Waals surface area (Å²) in [5.74, 6) is 1.02. The van der Waals surface area contributed by atoms with E-state index in [4.69, 9.17) is 4.98 Å². The van der Waals surface area contributed by atoms with Crippen molar-refractivity contribution in [1.29, 1.82) is 0 Å². The van der Waals surface area contributed by atoms with Gasteiger partial charge >= 0.3 is 0 Å². The monoisotopic (exact) mass is 342 g/mol. The van der Waals surface area contributed by atoms with E-state index < -0.39 is 0 Å². The number of anilines is 1. The number of nitrogens with one attached hydrogen (secondary N) is 1. The van der Waals surface area contributed by atoms with Crippen LogP contribution in [0.25, 0.3) is 10.2 Å². The normalized spacial score (nSPS) is 18.8. The Labute approximate surface area is 143 Å².